The topological polar surface area (TPSA) is 90.9 Å². The lowest BCUT2D eigenvalue weighted by atomic mass is 9.38. The minimum Gasteiger partial charge on any atom is -0.366 e. The van der Waals surface area contributed by atoms with Gasteiger partial charge in [0.15, 0.2) is 6.04 Å². The number of nitrogens with zero attached hydrogens (tertiary/aromatic N) is 2. The first-order valence-electron chi connectivity index (χ1n) is 13.0. The van der Waals surface area contributed by atoms with Crippen molar-refractivity contribution in [1.82, 2.24) is 14.9 Å². The third-order valence-electron chi connectivity index (χ3n) is 8.74. The number of aliphatic imine (C=N–C) groups is 1. The van der Waals surface area contributed by atoms with E-state index in [2.05, 4.69) is 17.6 Å². The van der Waals surface area contributed by atoms with Gasteiger partial charge in [-0.1, -0.05) is 42.8 Å². The highest BCUT2D eigenvalue weighted by atomic mass is 35.5. The number of amides is 1. The predicted octanol–water partition coefficient (Wildman–Crippen LogP) is 4.27. The molecule has 2 aromatic rings. The molecule has 10 heteroatoms. The molecule has 7 nitrogen and oxygen atoms in total. The number of hydrogen-bond acceptors (Lipinski definition) is 5. The smallest absolute Gasteiger partial charge is 0.247 e. The van der Waals surface area contributed by atoms with Crippen molar-refractivity contribution in [2.75, 3.05) is 0 Å². The molecule has 1 aliphatic heterocycles. The van der Waals surface area contributed by atoms with Crippen molar-refractivity contribution >= 4 is 33.4 Å². The van der Waals surface area contributed by atoms with Gasteiger partial charge >= 0.3 is 0 Å². The van der Waals surface area contributed by atoms with Crippen molar-refractivity contribution < 1.29 is 17.6 Å². The van der Waals surface area contributed by atoms with Gasteiger partial charge in [-0.3, -0.25) is 9.79 Å². The van der Waals surface area contributed by atoms with E-state index in [-0.39, 0.29) is 33.8 Å². The molecular formula is C28H32ClFN4O3S. The zero-order valence-corrected chi connectivity index (χ0v) is 23.2. The second-order valence-corrected chi connectivity index (χ2v) is 14.4. The number of sulfonamides is 1. The first-order valence-corrected chi connectivity index (χ1v) is 14.9. The first-order chi connectivity index (χ1) is 17.9. The molecule has 1 amide bonds. The summed E-state index contributed by atoms with van der Waals surface area (Å²) in [6.07, 6.45) is 2.78. The van der Waals surface area contributed by atoms with Crippen molar-refractivity contribution in [3.63, 3.8) is 0 Å². The van der Waals surface area contributed by atoms with E-state index in [4.69, 9.17) is 16.6 Å². The monoisotopic (exact) mass is 558 g/mol. The fourth-order valence-corrected chi connectivity index (χ4v) is 8.31. The fraction of sp³-hybridized carbons (Fsp3) is 0.500. The van der Waals surface area contributed by atoms with Crippen molar-refractivity contribution in [1.29, 1.82) is 0 Å². The minimum absolute atomic E-state index is 0.00152. The molecule has 4 fully saturated rings. The molecule has 2 aromatic carbocycles. The number of amidine groups is 1. The summed E-state index contributed by atoms with van der Waals surface area (Å²) < 4.78 is 43.5. The Labute approximate surface area is 227 Å². The lowest BCUT2D eigenvalue weighted by molar-refractivity contribution is -0.151. The van der Waals surface area contributed by atoms with Gasteiger partial charge in [-0.15, -0.1) is 0 Å². The van der Waals surface area contributed by atoms with Crippen molar-refractivity contribution in [2.45, 2.75) is 81.1 Å². The van der Waals surface area contributed by atoms with Crippen LogP contribution in [0.25, 0.3) is 0 Å². The molecule has 0 spiro atoms. The molecule has 0 radical (unpaired) electrons. The number of carbonyl (C=O) groups excluding carboxylic acids is 1. The summed E-state index contributed by atoms with van der Waals surface area (Å²) >= 11 is 5.87. The van der Waals surface area contributed by atoms with Crippen LogP contribution in [0.15, 0.2) is 58.4 Å². The number of nitrogens with one attached hydrogen (secondary N) is 2. The van der Waals surface area contributed by atoms with Gasteiger partial charge < -0.3 is 10.6 Å². The Balaban J connectivity index is 1.26. The number of hydrogen-bond donors (Lipinski definition) is 2. The summed E-state index contributed by atoms with van der Waals surface area (Å²) in [4.78, 5) is 18.0. The van der Waals surface area contributed by atoms with Crippen LogP contribution in [0.3, 0.4) is 0 Å². The Morgan fingerprint density at radius 2 is 1.84 bits per heavy atom. The zero-order chi connectivity index (χ0) is 27.1. The first kappa shape index (κ1) is 25.8. The standard InChI is InChI=1S/C28H32ClFN4O3S/c1-17-11-22(17)31-24(35)23-26(2,3)33-25(32-23)27-14-28(15-27,16-27)34(13-18-9-10-20(29)21(30)12-18)38(36,37)19-7-5-4-6-8-19/h4-10,12,17,22-23H,11,13-16H2,1-3H3,(H,31,35)(H,32,33)/t17?,22?,23-,27?,28?/m0/s1. The molecule has 38 heavy (non-hydrogen) atoms. The number of halogens is 2. The van der Waals surface area contributed by atoms with E-state index in [1.807, 2.05) is 13.8 Å². The molecule has 5 aliphatic rings. The van der Waals surface area contributed by atoms with Crippen LogP contribution in [0.2, 0.25) is 5.02 Å². The summed E-state index contributed by atoms with van der Waals surface area (Å²) in [5.74, 6) is 0.658. The maximum atomic E-state index is 14.2. The molecule has 4 saturated carbocycles. The fourth-order valence-electron chi connectivity index (χ4n) is 6.42. The van der Waals surface area contributed by atoms with E-state index in [0.717, 1.165) is 12.3 Å². The van der Waals surface area contributed by atoms with Crippen LogP contribution in [0.4, 0.5) is 4.39 Å². The Bertz CT molecular complexity index is 1430. The third kappa shape index (κ3) is 4.05. The van der Waals surface area contributed by atoms with Gasteiger partial charge in [-0.05, 0) is 75.3 Å². The summed E-state index contributed by atoms with van der Waals surface area (Å²) in [7, 11) is -3.86. The molecule has 7 rings (SSSR count). The van der Waals surface area contributed by atoms with Crippen LogP contribution in [-0.4, -0.2) is 47.6 Å². The van der Waals surface area contributed by atoms with Crippen LogP contribution in [0, 0.1) is 17.2 Å². The van der Waals surface area contributed by atoms with Gasteiger partial charge in [0.1, 0.15) is 11.7 Å². The summed E-state index contributed by atoms with van der Waals surface area (Å²) in [5, 5.41) is 6.60. The molecule has 1 heterocycles. The molecule has 3 atom stereocenters. The van der Waals surface area contributed by atoms with E-state index >= 15 is 0 Å². The van der Waals surface area contributed by atoms with E-state index in [1.165, 1.54) is 16.4 Å². The average Bonchev–Trinajstić information content (AvgIpc) is 3.40. The highest BCUT2D eigenvalue weighted by Crippen LogP contribution is 2.71. The molecular weight excluding hydrogens is 527 g/mol. The normalized spacial score (nSPS) is 32.6. The van der Waals surface area contributed by atoms with E-state index < -0.39 is 33.0 Å². The average molecular weight is 559 g/mol. The van der Waals surface area contributed by atoms with Gasteiger partial charge in [0.05, 0.1) is 15.5 Å². The maximum Gasteiger partial charge on any atom is 0.247 e. The van der Waals surface area contributed by atoms with Crippen LogP contribution in [-0.2, 0) is 21.4 Å². The van der Waals surface area contributed by atoms with Gasteiger partial charge in [0, 0.05) is 23.5 Å². The van der Waals surface area contributed by atoms with E-state index in [9.17, 15) is 17.6 Å². The molecule has 2 bridgehead atoms. The second kappa shape index (κ2) is 8.50. The zero-order valence-electron chi connectivity index (χ0n) is 21.7. The predicted molar refractivity (Wildman–Crippen MR) is 144 cm³/mol. The third-order valence-corrected chi connectivity index (χ3v) is 11.0. The van der Waals surface area contributed by atoms with Gasteiger partial charge in [-0.2, -0.15) is 4.31 Å². The van der Waals surface area contributed by atoms with E-state index in [1.54, 1.807) is 36.4 Å². The minimum atomic E-state index is -3.86. The van der Waals surface area contributed by atoms with Gasteiger partial charge in [0.2, 0.25) is 15.9 Å². The van der Waals surface area contributed by atoms with E-state index in [0.29, 0.717) is 30.7 Å². The van der Waals surface area contributed by atoms with Crippen LogP contribution in [0.1, 0.15) is 52.0 Å². The molecule has 2 unspecified atom stereocenters. The highest BCUT2D eigenvalue weighted by molar-refractivity contribution is 7.89. The van der Waals surface area contributed by atoms with Gasteiger partial charge in [-0.25, -0.2) is 12.8 Å². The maximum absolute atomic E-state index is 14.2. The van der Waals surface area contributed by atoms with Crippen LogP contribution >= 0.6 is 11.6 Å². The lowest BCUT2D eigenvalue weighted by Crippen LogP contribution is -2.78. The Morgan fingerprint density at radius 3 is 2.45 bits per heavy atom. The quantitative estimate of drug-likeness (QED) is 0.506. The number of carbonyl (C=O) groups is 1. The number of rotatable bonds is 8. The molecule has 4 aliphatic carbocycles. The molecule has 2 N–H and O–H groups in total. The van der Waals surface area contributed by atoms with Crippen LogP contribution < -0.4 is 10.6 Å². The SMILES string of the molecule is CC1CC1NC(=O)[C@@H]1N=C(C23CC(N(Cc4ccc(Cl)c(F)c4)S(=O)(=O)c4ccccc4)(C2)C3)NC1(C)C. The highest BCUT2D eigenvalue weighted by Gasteiger charge is 2.75. The molecule has 0 aromatic heterocycles. The lowest BCUT2D eigenvalue weighted by Gasteiger charge is -2.73. The summed E-state index contributed by atoms with van der Waals surface area (Å²) in [5.41, 5.74) is -0.872. The van der Waals surface area contributed by atoms with Crippen molar-refractivity contribution in [3.8, 4) is 0 Å². The van der Waals surface area contributed by atoms with Gasteiger partial charge in [0.25, 0.3) is 0 Å². The van der Waals surface area contributed by atoms with Crippen LogP contribution in [0.5, 0.6) is 0 Å². The Kier molecular flexibility index (Phi) is 5.77. The Morgan fingerprint density at radius 1 is 1.18 bits per heavy atom. The van der Waals surface area contributed by atoms with Crippen molar-refractivity contribution in [3.05, 3.63) is 64.9 Å². The summed E-state index contributed by atoms with van der Waals surface area (Å²) in [6.45, 7) is 6.11. The largest absolute Gasteiger partial charge is 0.366 e. The second-order valence-electron chi connectivity index (χ2n) is 12.2. The molecule has 202 valence electrons. The summed E-state index contributed by atoms with van der Waals surface area (Å²) in [6, 6.07) is 12.4. The number of benzene rings is 2. The molecule has 0 saturated heterocycles. The Hall–Kier alpha value is -2.49. The van der Waals surface area contributed by atoms with Crippen molar-refractivity contribution in [2.24, 2.45) is 16.3 Å².